The van der Waals surface area contributed by atoms with Crippen LogP contribution in [0.3, 0.4) is 0 Å². The van der Waals surface area contributed by atoms with Crippen molar-refractivity contribution in [3.05, 3.63) is 53.4 Å². The van der Waals surface area contributed by atoms with Crippen LogP contribution in [0.5, 0.6) is 0 Å². The van der Waals surface area contributed by atoms with Gasteiger partial charge >= 0.3 is 5.97 Å². The molecule has 0 radical (unpaired) electrons. The molecule has 3 aromatic heterocycles. The van der Waals surface area contributed by atoms with Crippen LogP contribution in [0, 0.1) is 5.92 Å². The number of hydrogen-bond acceptors (Lipinski definition) is 7. The number of furan rings is 1. The van der Waals surface area contributed by atoms with E-state index in [9.17, 15) is 9.59 Å². The highest BCUT2D eigenvalue weighted by Crippen LogP contribution is 2.26. The van der Waals surface area contributed by atoms with E-state index < -0.39 is 11.9 Å². The van der Waals surface area contributed by atoms with Crippen LogP contribution in [0.2, 0.25) is 0 Å². The fourth-order valence-corrected chi connectivity index (χ4v) is 3.52. The van der Waals surface area contributed by atoms with Gasteiger partial charge in [-0.1, -0.05) is 11.2 Å². The Bertz CT molecular complexity index is 885. The molecule has 1 amide bonds. The fourth-order valence-electron chi connectivity index (χ4n) is 2.85. The maximum Gasteiger partial charge on any atom is 0.311 e. The van der Waals surface area contributed by atoms with Crippen LogP contribution in [0.1, 0.15) is 17.9 Å². The van der Waals surface area contributed by atoms with Gasteiger partial charge in [0.2, 0.25) is 5.91 Å². The van der Waals surface area contributed by atoms with Crippen molar-refractivity contribution in [2.75, 3.05) is 6.54 Å². The fraction of sp³-hybridized carbons (Fsp3) is 0.278. The first-order valence-electron chi connectivity index (χ1n) is 8.15. The van der Waals surface area contributed by atoms with Gasteiger partial charge in [-0.3, -0.25) is 9.59 Å². The molecule has 4 heterocycles. The maximum absolute atomic E-state index is 12.3. The highest BCUT2D eigenvalue weighted by Gasteiger charge is 2.35. The largest absolute Gasteiger partial charge is 0.467 e. The second-order valence-corrected chi connectivity index (χ2v) is 6.97. The zero-order chi connectivity index (χ0) is 17.9. The predicted octanol–water partition coefficient (Wildman–Crippen LogP) is 3.09. The summed E-state index contributed by atoms with van der Waals surface area (Å²) in [6.07, 6.45) is 1.71. The maximum atomic E-state index is 12.3. The Kier molecular flexibility index (Phi) is 4.57. The molecule has 134 valence electrons. The van der Waals surface area contributed by atoms with Crippen molar-refractivity contribution in [2.45, 2.75) is 19.6 Å². The predicted molar refractivity (Wildman–Crippen MR) is 91.8 cm³/mol. The summed E-state index contributed by atoms with van der Waals surface area (Å²) in [5.74, 6) is 0.384. The van der Waals surface area contributed by atoms with Crippen LogP contribution in [-0.2, 0) is 27.5 Å². The molecule has 26 heavy (non-hydrogen) atoms. The van der Waals surface area contributed by atoms with Crippen molar-refractivity contribution in [3.63, 3.8) is 0 Å². The molecule has 3 aromatic rings. The standard InChI is InChI=1S/C18H16N2O5S/c21-17-7-12(9-20(17)10-14-3-1-5-23-14)18(22)24-11-13-8-15(25-19-13)16-4-2-6-26-16/h1-6,8,12H,7,9-11H2/t12-/m1/s1. The molecule has 0 aliphatic carbocycles. The lowest BCUT2D eigenvalue weighted by molar-refractivity contribution is -0.149. The number of esters is 1. The van der Waals surface area contributed by atoms with Gasteiger partial charge < -0.3 is 18.6 Å². The lowest BCUT2D eigenvalue weighted by atomic mass is 10.1. The van der Waals surface area contributed by atoms with E-state index in [-0.39, 0.29) is 18.9 Å². The lowest BCUT2D eigenvalue weighted by Crippen LogP contribution is -2.26. The van der Waals surface area contributed by atoms with E-state index in [4.69, 9.17) is 13.7 Å². The van der Waals surface area contributed by atoms with E-state index in [0.717, 1.165) is 4.88 Å². The van der Waals surface area contributed by atoms with Crippen LogP contribution < -0.4 is 0 Å². The summed E-state index contributed by atoms with van der Waals surface area (Å²) < 4.78 is 15.8. The van der Waals surface area contributed by atoms with Gasteiger partial charge in [0.05, 0.1) is 23.6 Å². The van der Waals surface area contributed by atoms with Crippen molar-refractivity contribution in [1.29, 1.82) is 0 Å². The van der Waals surface area contributed by atoms with Crippen LogP contribution in [0.15, 0.2) is 50.9 Å². The summed E-state index contributed by atoms with van der Waals surface area (Å²) >= 11 is 1.54. The summed E-state index contributed by atoms with van der Waals surface area (Å²) in [4.78, 5) is 26.9. The molecule has 0 unspecified atom stereocenters. The summed E-state index contributed by atoms with van der Waals surface area (Å²) in [6, 6.07) is 9.17. The van der Waals surface area contributed by atoms with Gasteiger partial charge in [-0.05, 0) is 23.6 Å². The molecule has 4 rings (SSSR count). The van der Waals surface area contributed by atoms with E-state index in [1.165, 1.54) is 0 Å². The van der Waals surface area contributed by atoms with Gasteiger partial charge in [0.25, 0.3) is 0 Å². The summed E-state index contributed by atoms with van der Waals surface area (Å²) in [7, 11) is 0. The molecule has 7 nitrogen and oxygen atoms in total. The molecule has 1 aliphatic rings. The molecule has 0 spiro atoms. The minimum atomic E-state index is -0.471. The molecule has 1 saturated heterocycles. The molecule has 1 aliphatic heterocycles. The molecule has 0 bridgehead atoms. The Morgan fingerprint density at radius 2 is 2.31 bits per heavy atom. The molecular weight excluding hydrogens is 356 g/mol. The number of carbonyl (C=O) groups is 2. The molecule has 1 atom stereocenters. The minimum absolute atomic E-state index is 0.0244. The van der Waals surface area contributed by atoms with E-state index in [0.29, 0.717) is 30.3 Å². The van der Waals surface area contributed by atoms with E-state index in [1.807, 2.05) is 17.5 Å². The Hall–Kier alpha value is -2.87. The number of rotatable bonds is 6. The number of likely N-dealkylation sites (tertiary alicyclic amines) is 1. The quantitative estimate of drug-likeness (QED) is 0.618. The van der Waals surface area contributed by atoms with Crippen molar-refractivity contribution in [1.82, 2.24) is 10.1 Å². The minimum Gasteiger partial charge on any atom is -0.467 e. The van der Waals surface area contributed by atoms with Crippen LogP contribution >= 0.6 is 11.3 Å². The first kappa shape index (κ1) is 16.6. The van der Waals surface area contributed by atoms with Crippen LogP contribution in [-0.4, -0.2) is 28.5 Å². The first-order valence-corrected chi connectivity index (χ1v) is 9.03. The molecule has 8 heteroatoms. The third-order valence-electron chi connectivity index (χ3n) is 4.16. The Balaban J connectivity index is 1.30. The number of ether oxygens (including phenoxy) is 1. The number of amides is 1. The summed E-state index contributed by atoms with van der Waals surface area (Å²) in [5.41, 5.74) is 0.540. The number of hydrogen-bond donors (Lipinski definition) is 0. The van der Waals surface area contributed by atoms with Crippen LogP contribution in [0.25, 0.3) is 10.6 Å². The highest BCUT2D eigenvalue weighted by atomic mass is 32.1. The van der Waals surface area contributed by atoms with E-state index in [1.54, 1.807) is 40.7 Å². The molecule has 0 saturated carbocycles. The Morgan fingerprint density at radius 3 is 3.08 bits per heavy atom. The van der Waals surface area contributed by atoms with Gasteiger partial charge in [-0.15, -0.1) is 11.3 Å². The van der Waals surface area contributed by atoms with Gasteiger partial charge in [0.15, 0.2) is 5.76 Å². The summed E-state index contributed by atoms with van der Waals surface area (Å²) in [5, 5.41) is 5.86. The van der Waals surface area contributed by atoms with Gasteiger partial charge in [-0.2, -0.15) is 0 Å². The highest BCUT2D eigenvalue weighted by molar-refractivity contribution is 7.13. The zero-order valence-electron chi connectivity index (χ0n) is 13.8. The number of aromatic nitrogens is 1. The molecule has 1 fully saturated rings. The van der Waals surface area contributed by atoms with Gasteiger partial charge in [-0.25, -0.2) is 0 Å². The van der Waals surface area contributed by atoms with Crippen molar-refractivity contribution in [2.24, 2.45) is 5.92 Å². The topological polar surface area (TPSA) is 85.8 Å². The van der Waals surface area contributed by atoms with Crippen molar-refractivity contribution >= 4 is 23.2 Å². The average molecular weight is 372 g/mol. The third kappa shape index (κ3) is 3.55. The second kappa shape index (κ2) is 7.17. The van der Waals surface area contributed by atoms with E-state index in [2.05, 4.69) is 5.16 Å². The third-order valence-corrected chi connectivity index (χ3v) is 5.04. The van der Waals surface area contributed by atoms with Gasteiger partial charge in [0, 0.05) is 19.0 Å². The lowest BCUT2D eigenvalue weighted by Gasteiger charge is -2.14. The monoisotopic (exact) mass is 372 g/mol. The summed E-state index contributed by atoms with van der Waals surface area (Å²) in [6.45, 7) is 0.720. The van der Waals surface area contributed by atoms with E-state index >= 15 is 0 Å². The second-order valence-electron chi connectivity index (χ2n) is 6.02. The molecular formula is C18H16N2O5S. The normalized spacial score (nSPS) is 17.0. The number of thiophene rings is 1. The Labute approximate surface area is 153 Å². The smallest absolute Gasteiger partial charge is 0.311 e. The Morgan fingerprint density at radius 1 is 1.38 bits per heavy atom. The van der Waals surface area contributed by atoms with Crippen molar-refractivity contribution in [3.8, 4) is 10.6 Å². The number of carbonyl (C=O) groups excluding carboxylic acids is 2. The SMILES string of the molecule is O=C(OCc1cc(-c2cccs2)on1)[C@@H]1CC(=O)N(Cc2ccco2)C1. The van der Waals surface area contributed by atoms with Crippen molar-refractivity contribution < 1.29 is 23.3 Å². The van der Waals surface area contributed by atoms with Crippen LogP contribution in [0.4, 0.5) is 0 Å². The zero-order valence-corrected chi connectivity index (χ0v) is 14.6. The number of nitrogens with zero attached hydrogens (tertiary/aromatic N) is 2. The first-order chi connectivity index (χ1) is 12.7. The molecule has 0 N–H and O–H groups in total. The average Bonchev–Trinajstić information content (AvgIpc) is 3.42. The molecule has 0 aromatic carbocycles. The van der Waals surface area contributed by atoms with Gasteiger partial charge in [0.1, 0.15) is 18.1 Å².